The largest absolute Gasteiger partial charge is 0.370 e. The van der Waals surface area contributed by atoms with E-state index >= 15 is 0 Å². The number of anilines is 2. The van der Waals surface area contributed by atoms with Gasteiger partial charge in [0.15, 0.2) is 0 Å². The molecular weight excluding hydrogens is 288 g/mol. The Morgan fingerprint density at radius 3 is 2.90 bits per heavy atom. The van der Waals surface area contributed by atoms with Gasteiger partial charge in [0.1, 0.15) is 11.6 Å². The van der Waals surface area contributed by atoms with Gasteiger partial charge in [-0.25, -0.2) is 4.98 Å². The number of likely N-dealkylation sites (N-methyl/N-ethyl adjacent to an activating group) is 1. The smallest absolute Gasteiger partial charge is 0.276 e. The Morgan fingerprint density at radius 1 is 1.48 bits per heavy atom. The number of rotatable bonds is 7. The van der Waals surface area contributed by atoms with Gasteiger partial charge in [-0.1, -0.05) is 6.07 Å². The lowest BCUT2D eigenvalue weighted by Gasteiger charge is -2.18. The van der Waals surface area contributed by atoms with Crippen LogP contribution in [0.2, 0.25) is 0 Å². The molecule has 0 saturated carbocycles. The monoisotopic (exact) mass is 306 g/mol. The van der Waals surface area contributed by atoms with E-state index in [1.165, 1.54) is 17.0 Å². The summed E-state index contributed by atoms with van der Waals surface area (Å²) >= 11 is 1.71. The molecule has 0 saturated heterocycles. The van der Waals surface area contributed by atoms with Gasteiger partial charge in [0.2, 0.25) is 0 Å². The van der Waals surface area contributed by atoms with Crippen LogP contribution in [-0.4, -0.2) is 30.0 Å². The second-order valence-corrected chi connectivity index (χ2v) is 5.64. The minimum absolute atomic E-state index is 0.0546. The Hall–Kier alpha value is -2.15. The molecule has 0 amide bonds. The van der Waals surface area contributed by atoms with Gasteiger partial charge < -0.3 is 10.2 Å². The first-order valence-electron chi connectivity index (χ1n) is 6.74. The zero-order chi connectivity index (χ0) is 15.2. The highest BCUT2D eigenvalue weighted by atomic mass is 32.1. The van der Waals surface area contributed by atoms with Crippen molar-refractivity contribution in [2.45, 2.75) is 13.3 Å². The molecule has 0 spiro atoms. The highest BCUT2D eigenvalue weighted by Crippen LogP contribution is 2.23. The highest BCUT2D eigenvalue weighted by molar-refractivity contribution is 7.09. The molecule has 21 heavy (non-hydrogen) atoms. The van der Waals surface area contributed by atoms with Crippen molar-refractivity contribution in [2.75, 3.05) is 30.4 Å². The van der Waals surface area contributed by atoms with E-state index in [4.69, 9.17) is 0 Å². The SMILES string of the molecule is CCNc1cc([N+](=O)[O-])cc(N(C)CCc2cccs2)n1. The van der Waals surface area contributed by atoms with Crippen LogP contribution in [0.1, 0.15) is 11.8 Å². The number of thiophene rings is 1. The molecule has 0 radical (unpaired) electrons. The lowest BCUT2D eigenvalue weighted by atomic mass is 10.3. The summed E-state index contributed by atoms with van der Waals surface area (Å²) in [4.78, 5) is 18.3. The van der Waals surface area contributed by atoms with Gasteiger partial charge in [-0.15, -0.1) is 11.3 Å². The van der Waals surface area contributed by atoms with Crippen molar-refractivity contribution < 1.29 is 4.92 Å². The van der Waals surface area contributed by atoms with Crippen LogP contribution in [0.15, 0.2) is 29.6 Å². The van der Waals surface area contributed by atoms with Crippen molar-refractivity contribution in [1.29, 1.82) is 0 Å². The number of aromatic nitrogens is 1. The molecule has 0 aliphatic heterocycles. The Kier molecular flexibility index (Phi) is 5.10. The van der Waals surface area contributed by atoms with E-state index in [-0.39, 0.29) is 10.6 Å². The van der Waals surface area contributed by atoms with Gasteiger partial charge >= 0.3 is 0 Å². The number of nitrogens with zero attached hydrogens (tertiary/aromatic N) is 3. The molecule has 2 aromatic rings. The molecule has 0 aromatic carbocycles. The van der Waals surface area contributed by atoms with Gasteiger partial charge in [-0.3, -0.25) is 10.1 Å². The first-order valence-corrected chi connectivity index (χ1v) is 7.62. The third kappa shape index (κ3) is 4.16. The van der Waals surface area contributed by atoms with Crippen molar-refractivity contribution in [3.05, 3.63) is 44.6 Å². The predicted molar refractivity (Wildman–Crippen MR) is 86.3 cm³/mol. The van der Waals surface area contributed by atoms with Crippen LogP contribution in [0, 0.1) is 10.1 Å². The summed E-state index contributed by atoms with van der Waals surface area (Å²) in [6.45, 7) is 3.37. The van der Waals surface area contributed by atoms with E-state index in [9.17, 15) is 10.1 Å². The van der Waals surface area contributed by atoms with Gasteiger partial charge in [0.25, 0.3) is 5.69 Å². The average molecular weight is 306 g/mol. The van der Waals surface area contributed by atoms with Crippen molar-refractivity contribution in [2.24, 2.45) is 0 Å². The van der Waals surface area contributed by atoms with Crippen LogP contribution in [0.4, 0.5) is 17.3 Å². The fourth-order valence-electron chi connectivity index (χ4n) is 1.92. The second-order valence-electron chi connectivity index (χ2n) is 4.61. The molecule has 0 fully saturated rings. The first-order chi connectivity index (χ1) is 10.1. The quantitative estimate of drug-likeness (QED) is 0.628. The molecule has 2 aromatic heterocycles. The number of hydrogen-bond donors (Lipinski definition) is 1. The van der Waals surface area contributed by atoms with E-state index in [1.807, 2.05) is 30.3 Å². The molecule has 0 atom stereocenters. The minimum atomic E-state index is -0.390. The van der Waals surface area contributed by atoms with Crippen LogP contribution >= 0.6 is 11.3 Å². The molecular formula is C14H18N4O2S. The van der Waals surface area contributed by atoms with Crippen LogP contribution in [0.3, 0.4) is 0 Å². The minimum Gasteiger partial charge on any atom is -0.370 e. The molecule has 0 bridgehead atoms. The van der Waals surface area contributed by atoms with Crippen LogP contribution < -0.4 is 10.2 Å². The normalized spacial score (nSPS) is 10.4. The summed E-state index contributed by atoms with van der Waals surface area (Å²) in [6.07, 6.45) is 0.898. The molecule has 112 valence electrons. The molecule has 0 aliphatic carbocycles. The van der Waals surface area contributed by atoms with E-state index < -0.39 is 0 Å². The average Bonchev–Trinajstić information content (AvgIpc) is 2.98. The standard InChI is InChI=1S/C14H18N4O2S/c1-3-15-13-9-11(18(19)20)10-14(16-13)17(2)7-6-12-5-4-8-21-12/h4-5,8-10H,3,6-7H2,1-2H3,(H,15,16). The lowest BCUT2D eigenvalue weighted by Crippen LogP contribution is -2.21. The second kappa shape index (κ2) is 7.03. The molecule has 1 N–H and O–H groups in total. The van der Waals surface area contributed by atoms with Crippen molar-refractivity contribution in [3.8, 4) is 0 Å². The third-order valence-corrected chi connectivity index (χ3v) is 3.97. The van der Waals surface area contributed by atoms with Crippen molar-refractivity contribution in [3.63, 3.8) is 0 Å². The topological polar surface area (TPSA) is 71.3 Å². The number of pyridine rings is 1. The maximum Gasteiger partial charge on any atom is 0.276 e. The third-order valence-electron chi connectivity index (χ3n) is 3.03. The molecule has 6 nitrogen and oxygen atoms in total. The summed E-state index contributed by atoms with van der Waals surface area (Å²) in [7, 11) is 1.90. The Balaban J connectivity index is 2.14. The van der Waals surface area contributed by atoms with E-state index in [0.717, 1.165) is 13.0 Å². The van der Waals surface area contributed by atoms with Crippen molar-refractivity contribution in [1.82, 2.24) is 4.98 Å². The summed E-state index contributed by atoms with van der Waals surface area (Å²) < 4.78 is 0. The van der Waals surface area contributed by atoms with Crippen molar-refractivity contribution >= 4 is 28.7 Å². The maximum absolute atomic E-state index is 11.0. The first kappa shape index (κ1) is 15.2. The Bertz CT molecular complexity index is 601. The molecule has 2 heterocycles. The Labute approximate surface area is 127 Å². The van der Waals surface area contributed by atoms with E-state index in [2.05, 4.69) is 16.4 Å². The fourth-order valence-corrected chi connectivity index (χ4v) is 2.62. The lowest BCUT2D eigenvalue weighted by molar-refractivity contribution is -0.384. The zero-order valence-electron chi connectivity index (χ0n) is 12.1. The van der Waals surface area contributed by atoms with Crippen LogP contribution in [-0.2, 0) is 6.42 Å². The molecule has 7 heteroatoms. The van der Waals surface area contributed by atoms with Crippen LogP contribution in [0.25, 0.3) is 0 Å². The molecule has 0 unspecified atom stereocenters. The van der Waals surface area contributed by atoms with Gasteiger partial charge in [-0.2, -0.15) is 0 Å². The molecule has 0 aliphatic rings. The highest BCUT2D eigenvalue weighted by Gasteiger charge is 2.13. The zero-order valence-corrected chi connectivity index (χ0v) is 12.9. The van der Waals surface area contributed by atoms with Gasteiger partial charge in [-0.05, 0) is 24.8 Å². The maximum atomic E-state index is 11.0. The molecule has 2 rings (SSSR count). The summed E-state index contributed by atoms with van der Waals surface area (Å²) in [5.74, 6) is 1.14. The predicted octanol–water partition coefficient (Wildman–Crippen LogP) is 3.16. The van der Waals surface area contributed by atoms with E-state index in [0.29, 0.717) is 18.2 Å². The van der Waals surface area contributed by atoms with E-state index in [1.54, 1.807) is 11.3 Å². The summed E-state index contributed by atoms with van der Waals surface area (Å²) in [5, 5.41) is 16.1. The van der Waals surface area contributed by atoms with Gasteiger partial charge in [0, 0.05) is 25.0 Å². The van der Waals surface area contributed by atoms with Crippen LogP contribution in [0.5, 0.6) is 0 Å². The number of nitrogens with one attached hydrogen (secondary N) is 1. The number of hydrogen-bond acceptors (Lipinski definition) is 6. The Morgan fingerprint density at radius 2 is 2.29 bits per heavy atom. The van der Waals surface area contributed by atoms with Gasteiger partial charge in [0.05, 0.1) is 17.1 Å². The fraction of sp³-hybridized carbons (Fsp3) is 0.357. The summed E-state index contributed by atoms with van der Waals surface area (Å²) in [5.41, 5.74) is 0.0546. The summed E-state index contributed by atoms with van der Waals surface area (Å²) in [6, 6.07) is 7.08. The number of nitro groups is 1.